The van der Waals surface area contributed by atoms with Gasteiger partial charge in [0, 0.05) is 13.1 Å². The molecule has 0 radical (unpaired) electrons. The first-order valence-corrected chi connectivity index (χ1v) is 6.05. The van der Waals surface area contributed by atoms with Crippen molar-refractivity contribution in [3.63, 3.8) is 0 Å². The zero-order valence-corrected chi connectivity index (χ0v) is 11.2. The van der Waals surface area contributed by atoms with Gasteiger partial charge in [0.25, 0.3) is 0 Å². The Morgan fingerprint density at radius 2 is 2.28 bits per heavy atom. The molecular formula is C12H15ClN4O. The Kier molecular flexibility index (Phi) is 5.53. The van der Waals surface area contributed by atoms with Gasteiger partial charge in [-0.2, -0.15) is 5.26 Å². The molecule has 0 bridgehead atoms. The van der Waals surface area contributed by atoms with E-state index in [4.69, 9.17) is 16.9 Å². The summed E-state index contributed by atoms with van der Waals surface area (Å²) in [6.07, 6.45) is 2.34. The molecule has 6 heteroatoms. The van der Waals surface area contributed by atoms with Crippen LogP contribution >= 0.6 is 11.6 Å². The normalized spacial score (nSPS) is 10.2. The standard InChI is InChI=1S/C12H15ClN4O/c1-9(2)6-17(5-3-4-14)12-10(7-18)11(13)15-8-16-12/h7-9H,3,5-6H2,1-2H3. The van der Waals surface area contributed by atoms with Crippen molar-refractivity contribution in [2.45, 2.75) is 20.3 Å². The molecule has 0 spiro atoms. The molecule has 0 aliphatic rings. The van der Waals surface area contributed by atoms with Crippen molar-refractivity contribution in [2.24, 2.45) is 5.92 Å². The van der Waals surface area contributed by atoms with Crippen LogP contribution in [0.1, 0.15) is 30.6 Å². The van der Waals surface area contributed by atoms with Crippen LogP contribution < -0.4 is 4.90 Å². The largest absolute Gasteiger partial charge is 0.355 e. The van der Waals surface area contributed by atoms with Gasteiger partial charge in [0.1, 0.15) is 17.3 Å². The zero-order valence-electron chi connectivity index (χ0n) is 10.4. The summed E-state index contributed by atoms with van der Waals surface area (Å²) in [5.74, 6) is 0.880. The van der Waals surface area contributed by atoms with Gasteiger partial charge in [-0.25, -0.2) is 9.97 Å². The summed E-state index contributed by atoms with van der Waals surface area (Å²) >= 11 is 5.87. The maximum Gasteiger partial charge on any atom is 0.156 e. The Morgan fingerprint density at radius 1 is 1.56 bits per heavy atom. The van der Waals surface area contributed by atoms with E-state index in [1.165, 1.54) is 6.33 Å². The number of anilines is 1. The molecule has 0 atom stereocenters. The number of aldehydes is 1. The smallest absolute Gasteiger partial charge is 0.156 e. The summed E-state index contributed by atoms with van der Waals surface area (Å²) in [7, 11) is 0. The second-order valence-corrected chi connectivity index (χ2v) is 4.63. The van der Waals surface area contributed by atoms with E-state index in [-0.39, 0.29) is 10.7 Å². The van der Waals surface area contributed by atoms with Crippen LogP contribution in [0.5, 0.6) is 0 Å². The Bertz CT molecular complexity index is 456. The SMILES string of the molecule is CC(C)CN(CCC#N)c1ncnc(Cl)c1C=O. The number of halogens is 1. The van der Waals surface area contributed by atoms with Gasteiger partial charge in [-0.15, -0.1) is 0 Å². The van der Waals surface area contributed by atoms with Gasteiger partial charge in [-0.05, 0) is 5.92 Å². The molecule has 0 saturated heterocycles. The molecular weight excluding hydrogens is 252 g/mol. The molecule has 5 nitrogen and oxygen atoms in total. The number of rotatable bonds is 6. The summed E-state index contributed by atoms with van der Waals surface area (Å²) in [6.45, 7) is 5.34. The monoisotopic (exact) mass is 266 g/mol. The van der Waals surface area contributed by atoms with Crippen LogP contribution in [0.2, 0.25) is 5.15 Å². The van der Waals surface area contributed by atoms with E-state index in [0.717, 1.165) is 0 Å². The number of hydrogen-bond donors (Lipinski definition) is 0. The number of aromatic nitrogens is 2. The van der Waals surface area contributed by atoms with Crippen LogP contribution in [0.15, 0.2) is 6.33 Å². The molecule has 0 amide bonds. The molecule has 18 heavy (non-hydrogen) atoms. The first-order chi connectivity index (χ1) is 8.60. The number of hydrogen-bond acceptors (Lipinski definition) is 5. The number of nitriles is 1. The highest BCUT2D eigenvalue weighted by Gasteiger charge is 2.16. The number of nitrogens with zero attached hydrogens (tertiary/aromatic N) is 4. The Labute approximate surface area is 111 Å². The molecule has 0 saturated carbocycles. The predicted molar refractivity (Wildman–Crippen MR) is 69.7 cm³/mol. The fraction of sp³-hybridized carbons (Fsp3) is 0.500. The van der Waals surface area contributed by atoms with Gasteiger partial charge in [-0.1, -0.05) is 25.4 Å². The van der Waals surface area contributed by atoms with E-state index < -0.39 is 0 Å². The van der Waals surface area contributed by atoms with Gasteiger partial charge in [-0.3, -0.25) is 4.79 Å². The second kappa shape index (κ2) is 6.92. The summed E-state index contributed by atoms with van der Waals surface area (Å²) in [6, 6.07) is 2.09. The lowest BCUT2D eigenvalue weighted by atomic mass is 10.2. The molecule has 1 aromatic rings. The van der Waals surface area contributed by atoms with Crippen molar-refractivity contribution in [1.29, 1.82) is 5.26 Å². The molecule has 0 aliphatic heterocycles. The Hall–Kier alpha value is -1.67. The van der Waals surface area contributed by atoms with Crippen LogP contribution in [-0.2, 0) is 0 Å². The van der Waals surface area contributed by atoms with Crippen LogP contribution in [0.3, 0.4) is 0 Å². The molecule has 1 aromatic heterocycles. The number of carbonyl (C=O) groups excluding carboxylic acids is 1. The quantitative estimate of drug-likeness (QED) is 0.584. The topological polar surface area (TPSA) is 69.9 Å². The minimum atomic E-state index is 0.140. The highest BCUT2D eigenvalue weighted by Crippen LogP contribution is 2.22. The summed E-state index contributed by atoms with van der Waals surface area (Å²) in [5, 5.41) is 8.81. The van der Waals surface area contributed by atoms with Gasteiger partial charge >= 0.3 is 0 Å². The lowest BCUT2D eigenvalue weighted by Gasteiger charge is -2.25. The third kappa shape index (κ3) is 3.67. The van der Waals surface area contributed by atoms with Crippen molar-refractivity contribution in [1.82, 2.24) is 9.97 Å². The fourth-order valence-electron chi connectivity index (χ4n) is 1.63. The van der Waals surface area contributed by atoms with Crippen molar-refractivity contribution >= 4 is 23.7 Å². The van der Waals surface area contributed by atoms with Gasteiger partial charge in [0.05, 0.1) is 18.1 Å². The zero-order chi connectivity index (χ0) is 13.5. The van der Waals surface area contributed by atoms with Crippen LogP contribution in [-0.4, -0.2) is 29.3 Å². The van der Waals surface area contributed by atoms with Crippen molar-refractivity contribution < 1.29 is 4.79 Å². The molecule has 0 unspecified atom stereocenters. The van der Waals surface area contributed by atoms with E-state index in [1.807, 2.05) is 4.90 Å². The molecule has 96 valence electrons. The lowest BCUT2D eigenvalue weighted by Crippen LogP contribution is -2.30. The van der Waals surface area contributed by atoms with Crippen LogP contribution in [0.25, 0.3) is 0 Å². The Morgan fingerprint density at radius 3 is 2.83 bits per heavy atom. The minimum absolute atomic E-state index is 0.140. The van der Waals surface area contributed by atoms with Gasteiger partial charge in [0.2, 0.25) is 0 Å². The number of carbonyl (C=O) groups is 1. The van der Waals surface area contributed by atoms with E-state index in [2.05, 4.69) is 29.9 Å². The predicted octanol–water partition coefficient (Wildman–Crippen LogP) is 2.32. The molecule has 1 rings (SSSR count). The highest BCUT2D eigenvalue weighted by atomic mass is 35.5. The molecule has 1 heterocycles. The average molecular weight is 267 g/mol. The van der Waals surface area contributed by atoms with Gasteiger partial charge < -0.3 is 4.90 Å². The minimum Gasteiger partial charge on any atom is -0.355 e. The van der Waals surface area contributed by atoms with Crippen molar-refractivity contribution in [3.8, 4) is 6.07 Å². The second-order valence-electron chi connectivity index (χ2n) is 4.27. The maximum absolute atomic E-state index is 11.1. The first kappa shape index (κ1) is 14.4. The Balaban J connectivity index is 3.07. The molecule has 0 aliphatic carbocycles. The van der Waals surface area contributed by atoms with E-state index in [9.17, 15) is 4.79 Å². The molecule has 0 N–H and O–H groups in total. The van der Waals surface area contributed by atoms with Gasteiger partial charge in [0.15, 0.2) is 6.29 Å². The van der Waals surface area contributed by atoms with E-state index >= 15 is 0 Å². The highest BCUT2D eigenvalue weighted by molar-refractivity contribution is 6.32. The summed E-state index contributed by atoms with van der Waals surface area (Å²) in [4.78, 5) is 20.8. The summed E-state index contributed by atoms with van der Waals surface area (Å²) in [5.41, 5.74) is 0.276. The third-order valence-electron chi connectivity index (χ3n) is 2.31. The van der Waals surface area contributed by atoms with Crippen molar-refractivity contribution in [3.05, 3.63) is 17.0 Å². The first-order valence-electron chi connectivity index (χ1n) is 5.67. The maximum atomic E-state index is 11.1. The van der Waals surface area contributed by atoms with Crippen LogP contribution in [0, 0.1) is 17.2 Å². The van der Waals surface area contributed by atoms with E-state index in [0.29, 0.717) is 37.5 Å². The molecule has 0 aromatic carbocycles. The fourth-order valence-corrected chi connectivity index (χ4v) is 1.80. The van der Waals surface area contributed by atoms with Crippen LogP contribution in [0.4, 0.5) is 5.82 Å². The summed E-state index contributed by atoms with van der Waals surface area (Å²) < 4.78 is 0. The third-order valence-corrected chi connectivity index (χ3v) is 2.61. The average Bonchev–Trinajstić information content (AvgIpc) is 2.33. The van der Waals surface area contributed by atoms with E-state index in [1.54, 1.807) is 0 Å². The van der Waals surface area contributed by atoms with Crippen molar-refractivity contribution in [2.75, 3.05) is 18.0 Å². The lowest BCUT2D eigenvalue weighted by molar-refractivity contribution is 0.112. The molecule has 0 fully saturated rings.